The molecule has 1 aliphatic rings. The van der Waals surface area contributed by atoms with E-state index in [2.05, 4.69) is 31.5 Å². The Morgan fingerprint density at radius 2 is 2.06 bits per heavy atom. The minimum absolute atomic E-state index is 0.0931. The maximum absolute atomic E-state index is 12.3. The third kappa shape index (κ3) is 2.64. The molecule has 1 unspecified atom stereocenters. The normalized spacial score (nSPS) is 21.6. The molecule has 1 fully saturated rings. The Morgan fingerprint density at radius 3 is 2.71 bits per heavy atom. The van der Waals surface area contributed by atoms with Crippen molar-refractivity contribution in [2.45, 2.75) is 17.9 Å². The summed E-state index contributed by atoms with van der Waals surface area (Å²) in [6.07, 6.45) is 0. The Kier molecular flexibility index (Phi) is 3.74. The SMILES string of the molecule is CC1CN(C(=O)c2ccccc2S)CCN1C. The minimum atomic E-state index is 0.0931. The van der Waals surface area contributed by atoms with Gasteiger partial charge in [0.25, 0.3) is 5.91 Å². The van der Waals surface area contributed by atoms with E-state index in [0.717, 1.165) is 24.5 Å². The fourth-order valence-corrected chi connectivity index (χ4v) is 2.31. The number of hydrogen-bond donors (Lipinski definition) is 1. The highest BCUT2D eigenvalue weighted by molar-refractivity contribution is 7.80. The van der Waals surface area contributed by atoms with Gasteiger partial charge >= 0.3 is 0 Å². The molecule has 4 heteroatoms. The second kappa shape index (κ2) is 5.10. The molecule has 0 radical (unpaired) electrons. The third-order valence-corrected chi connectivity index (χ3v) is 3.77. The molecule has 3 nitrogen and oxygen atoms in total. The first-order chi connectivity index (χ1) is 8.09. The van der Waals surface area contributed by atoms with Crippen molar-refractivity contribution in [1.29, 1.82) is 0 Å². The van der Waals surface area contributed by atoms with E-state index in [1.807, 2.05) is 29.2 Å². The maximum Gasteiger partial charge on any atom is 0.255 e. The van der Waals surface area contributed by atoms with Crippen LogP contribution in [-0.4, -0.2) is 48.4 Å². The molecular formula is C13H18N2OS. The summed E-state index contributed by atoms with van der Waals surface area (Å²) in [4.78, 5) is 17.3. The van der Waals surface area contributed by atoms with E-state index in [4.69, 9.17) is 0 Å². The van der Waals surface area contributed by atoms with Crippen molar-refractivity contribution in [3.8, 4) is 0 Å². The molecule has 0 saturated carbocycles. The van der Waals surface area contributed by atoms with E-state index in [9.17, 15) is 4.79 Å². The molecule has 92 valence electrons. The number of hydrogen-bond acceptors (Lipinski definition) is 3. The molecule has 1 aliphatic heterocycles. The molecule has 1 aromatic carbocycles. The highest BCUT2D eigenvalue weighted by Gasteiger charge is 2.25. The van der Waals surface area contributed by atoms with Gasteiger partial charge in [-0.2, -0.15) is 0 Å². The van der Waals surface area contributed by atoms with Gasteiger partial charge in [0.2, 0.25) is 0 Å². The average molecular weight is 250 g/mol. The smallest absolute Gasteiger partial charge is 0.255 e. The van der Waals surface area contributed by atoms with Gasteiger partial charge in [0.05, 0.1) is 5.56 Å². The van der Waals surface area contributed by atoms with E-state index < -0.39 is 0 Å². The summed E-state index contributed by atoms with van der Waals surface area (Å²) in [5.41, 5.74) is 0.701. The lowest BCUT2D eigenvalue weighted by Gasteiger charge is -2.37. The Hall–Kier alpha value is -1.00. The van der Waals surface area contributed by atoms with Crippen LogP contribution in [-0.2, 0) is 0 Å². The lowest BCUT2D eigenvalue weighted by atomic mass is 10.1. The number of rotatable bonds is 1. The summed E-state index contributed by atoms with van der Waals surface area (Å²) in [6.45, 7) is 4.66. The monoisotopic (exact) mass is 250 g/mol. The summed E-state index contributed by atoms with van der Waals surface area (Å²) in [5.74, 6) is 0.0931. The van der Waals surface area contributed by atoms with Crippen LogP contribution in [0, 0.1) is 0 Å². The Bertz CT molecular complexity index is 422. The number of nitrogens with zero attached hydrogens (tertiary/aromatic N) is 2. The van der Waals surface area contributed by atoms with Crippen LogP contribution in [0.4, 0.5) is 0 Å². The first-order valence-electron chi connectivity index (χ1n) is 5.87. The molecule has 0 aromatic heterocycles. The van der Waals surface area contributed by atoms with Gasteiger partial charge in [-0.25, -0.2) is 0 Å². The van der Waals surface area contributed by atoms with Crippen LogP contribution in [0.5, 0.6) is 0 Å². The zero-order valence-electron chi connectivity index (χ0n) is 10.3. The largest absolute Gasteiger partial charge is 0.336 e. The van der Waals surface area contributed by atoms with Crippen molar-refractivity contribution in [3.05, 3.63) is 29.8 Å². The standard InChI is InChI=1S/C13H18N2OS/c1-10-9-15(8-7-14(10)2)13(16)11-5-3-4-6-12(11)17/h3-6,10,17H,7-9H2,1-2H3. The van der Waals surface area contributed by atoms with Crippen molar-refractivity contribution < 1.29 is 4.79 Å². The molecular weight excluding hydrogens is 232 g/mol. The van der Waals surface area contributed by atoms with Crippen LogP contribution in [0.1, 0.15) is 17.3 Å². The fourth-order valence-electron chi connectivity index (χ4n) is 2.06. The Morgan fingerprint density at radius 1 is 1.35 bits per heavy atom. The summed E-state index contributed by atoms with van der Waals surface area (Å²) >= 11 is 4.34. The Labute approximate surface area is 108 Å². The number of likely N-dealkylation sites (N-methyl/N-ethyl adjacent to an activating group) is 1. The summed E-state index contributed by atoms with van der Waals surface area (Å²) in [7, 11) is 2.10. The first-order valence-corrected chi connectivity index (χ1v) is 6.32. The van der Waals surface area contributed by atoms with E-state index in [1.165, 1.54) is 0 Å². The van der Waals surface area contributed by atoms with Gasteiger partial charge in [-0.05, 0) is 26.1 Å². The van der Waals surface area contributed by atoms with Crippen LogP contribution < -0.4 is 0 Å². The molecule has 1 saturated heterocycles. The lowest BCUT2D eigenvalue weighted by molar-refractivity contribution is 0.0569. The maximum atomic E-state index is 12.3. The molecule has 0 spiro atoms. The third-order valence-electron chi connectivity index (χ3n) is 3.38. The second-order valence-corrected chi connectivity index (χ2v) is 5.08. The number of benzene rings is 1. The van der Waals surface area contributed by atoms with Crippen molar-refractivity contribution in [1.82, 2.24) is 9.80 Å². The van der Waals surface area contributed by atoms with Gasteiger partial charge < -0.3 is 9.80 Å². The Balaban J connectivity index is 2.14. The molecule has 1 amide bonds. The number of thiol groups is 1. The molecule has 0 aliphatic carbocycles. The average Bonchev–Trinajstić information content (AvgIpc) is 2.32. The molecule has 1 heterocycles. The van der Waals surface area contributed by atoms with Crippen molar-refractivity contribution in [3.63, 3.8) is 0 Å². The summed E-state index contributed by atoms with van der Waals surface area (Å²) < 4.78 is 0. The van der Waals surface area contributed by atoms with Crippen molar-refractivity contribution in [2.75, 3.05) is 26.7 Å². The zero-order valence-corrected chi connectivity index (χ0v) is 11.2. The summed E-state index contributed by atoms with van der Waals surface area (Å²) in [5, 5.41) is 0. The van der Waals surface area contributed by atoms with Gasteiger partial charge in [-0.1, -0.05) is 12.1 Å². The van der Waals surface area contributed by atoms with E-state index in [1.54, 1.807) is 0 Å². The van der Waals surface area contributed by atoms with Gasteiger partial charge in [0.15, 0.2) is 0 Å². The molecule has 1 atom stereocenters. The van der Waals surface area contributed by atoms with Crippen LogP contribution in [0.3, 0.4) is 0 Å². The summed E-state index contributed by atoms with van der Waals surface area (Å²) in [6, 6.07) is 7.89. The van der Waals surface area contributed by atoms with Crippen molar-refractivity contribution >= 4 is 18.5 Å². The predicted molar refractivity (Wildman–Crippen MR) is 71.7 cm³/mol. The van der Waals surface area contributed by atoms with Gasteiger partial charge in [-0.3, -0.25) is 4.79 Å². The number of carbonyl (C=O) groups excluding carboxylic acids is 1. The van der Waals surface area contributed by atoms with Crippen LogP contribution >= 0.6 is 12.6 Å². The second-order valence-electron chi connectivity index (χ2n) is 4.60. The molecule has 0 bridgehead atoms. The van der Waals surface area contributed by atoms with E-state index in [0.29, 0.717) is 11.6 Å². The highest BCUT2D eigenvalue weighted by Crippen LogP contribution is 2.17. The lowest BCUT2D eigenvalue weighted by Crippen LogP contribution is -2.52. The quantitative estimate of drug-likeness (QED) is 0.768. The van der Waals surface area contributed by atoms with Gasteiger partial charge in [0.1, 0.15) is 0 Å². The van der Waals surface area contributed by atoms with Gasteiger partial charge in [-0.15, -0.1) is 12.6 Å². The zero-order chi connectivity index (χ0) is 12.4. The van der Waals surface area contributed by atoms with E-state index in [-0.39, 0.29) is 5.91 Å². The molecule has 2 rings (SSSR count). The number of amides is 1. The van der Waals surface area contributed by atoms with Crippen LogP contribution in [0.25, 0.3) is 0 Å². The van der Waals surface area contributed by atoms with Crippen LogP contribution in [0.2, 0.25) is 0 Å². The van der Waals surface area contributed by atoms with Gasteiger partial charge in [0, 0.05) is 30.6 Å². The van der Waals surface area contributed by atoms with Crippen LogP contribution in [0.15, 0.2) is 29.2 Å². The molecule has 17 heavy (non-hydrogen) atoms. The van der Waals surface area contributed by atoms with E-state index >= 15 is 0 Å². The fraction of sp³-hybridized carbons (Fsp3) is 0.462. The first kappa shape index (κ1) is 12.5. The topological polar surface area (TPSA) is 23.6 Å². The number of piperazine rings is 1. The highest BCUT2D eigenvalue weighted by atomic mass is 32.1. The number of carbonyl (C=O) groups is 1. The molecule has 1 aromatic rings. The minimum Gasteiger partial charge on any atom is -0.336 e. The van der Waals surface area contributed by atoms with Crippen molar-refractivity contribution in [2.24, 2.45) is 0 Å². The predicted octanol–water partition coefficient (Wildman–Crippen LogP) is 1.75. The molecule has 0 N–H and O–H groups in total.